The zero-order valence-electron chi connectivity index (χ0n) is 11.6. The van der Waals surface area contributed by atoms with Crippen molar-refractivity contribution in [3.63, 3.8) is 0 Å². The van der Waals surface area contributed by atoms with E-state index in [4.69, 9.17) is 5.73 Å². The minimum atomic E-state index is -0.729. The second kappa shape index (κ2) is 6.04. The Bertz CT molecular complexity index is 684. The van der Waals surface area contributed by atoms with Gasteiger partial charge >= 0.3 is 11.9 Å². The molecule has 2 rings (SSSR count). The summed E-state index contributed by atoms with van der Waals surface area (Å²) in [5.41, 5.74) is 7.19. The lowest BCUT2D eigenvalue weighted by molar-refractivity contribution is 0.0550. The Morgan fingerprint density at radius 2 is 1.67 bits per heavy atom. The van der Waals surface area contributed by atoms with Crippen LogP contribution in [0.4, 0.5) is 5.69 Å². The molecule has 1 aromatic carbocycles. The normalized spacial score (nSPS) is 10.0. The fraction of sp³-hybridized carbons (Fsp3) is 0.133. The third-order valence-corrected chi connectivity index (χ3v) is 2.88. The maximum Gasteiger partial charge on any atom is 0.357 e. The van der Waals surface area contributed by atoms with Crippen molar-refractivity contribution in [2.24, 2.45) is 0 Å². The number of nitrogens with zero attached hydrogens (tertiary/aromatic N) is 1. The number of nitrogens with two attached hydrogens (primary N) is 1. The van der Waals surface area contributed by atoms with Crippen LogP contribution in [0.2, 0.25) is 0 Å². The second-order valence-corrected chi connectivity index (χ2v) is 4.17. The van der Waals surface area contributed by atoms with Crippen LogP contribution in [0.1, 0.15) is 20.8 Å². The Morgan fingerprint density at radius 3 is 2.24 bits per heavy atom. The lowest BCUT2D eigenvalue weighted by Gasteiger charge is -2.11. The molecule has 0 unspecified atom stereocenters. The number of hydrogen-bond acceptors (Lipinski definition) is 6. The van der Waals surface area contributed by atoms with Gasteiger partial charge in [0.15, 0.2) is 5.69 Å². The fourth-order valence-corrected chi connectivity index (χ4v) is 1.87. The Morgan fingerprint density at radius 1 is 1.05 bits per heavy atom. The molecule has 6 heteroatoms. The first-order valence-corrected chi connectivity index (χ1v) is 6.11. The topological polar surface area (TPSA) is 91.5 Å². The fourth-order valence-electron chi connectivity index (χ4n) is 1.87. The molecule has 0 amide bonds. The number of carbonyl (C=O) groups excluding carboxylic acids is 2. The van der Waals surface area contributed by atoms with Crippen LogP contribution in [0.3, 0.4) is 0 Å². The lowest BCUT2D eigenvalue weighted by Crippen LogP contribution is -2.15. The number of aromatic nitrogens is 1. The molecule has 0 fully saturated rings. The van der Waals surface area contributed by atoms with E-state index in [-0.39, 0.29) is 16.9 Å². The molecule has 0 radical (unpaired) electrons. The molecule has 0 saturated heterocycles. The summed E-state index contributed by atoms with van der Waals surface area (Å²) in [5.74, 6) is -1.43. The van der Waals surface area contributed by atoms with Gasteiger partial charge in [0.25, 0.3) is 0 Å². The van der Waals surface area contributed by atoms with Crippen molar-refractivity contribution in [1.29, 1.82) is 0 Å². The van der Waals surface area contributed by atoms with Crippen molar-refractivity contribution in [3.05, 3.63) is 47.7 Å². The van der Waals surface area contributed by atoms with E-state index in [1.807, 2.05) is 18.2 Å². The Hall–Kier alpha value is -2.89. The van der Waals surface area contributed by atoms with Crippen molar-refractivity contribution in [2.75, 3.05) is 20.0 Å². The summed E-state index contributed by atoms with van der Waals surface area (Å²) in [6.45, 7) is 0. The van der Waals surface area contributed by atoms with Crippen molar-refractivity contribution >= 4 is 17.6 Å². The predicted molar refractivity (Wildman–Crippen MR) is 76.8 cm³/mol. The molecule has 1 heterocycles. The monoisotopic (exact) mass is 286 g/mol. The van der Waals surface area contributed by atoms with Gasteiger partial charge in [0, 0.05) is 5.56 Å². The van der Waals surface area contributed by atoms with E-state index in [1.54, 1.807) is 12.1 Å². The van der Waals surface area contributed by atoms with E-state index >= 15 is 0 Å². The molecule has 2 N–H and O–H groups in total. The molecule has 108 valence electrons. The highest BCUT2D eigenvalue weighted by molar-refractivity contribution is 6.03. The van der Waals surface area contributed by atoms with Crippen LogP contribution in [0.15, 0.2) is 36.4 Å². The van der Waals surface area contributed by atoms with E-state index in [0.29, 0.717) is 5.69 Å². The molecule has 2 aromatic rings. The molecule has 0 aliphatic rings. The van der Waals surface area contributed by atoms with Crippen molar-refractivity contribution in [3.8, 4) is 11.3 Å². The highest BCUT2D eigenvalue weighted by Gasteiger charge is 2.23. The zero-order valence-corrected chi connectivity index (χ0v) is 11.6. The van der Waals surface area contributed by atoms with E-state index in [2.05, 4.69) is 14.5 Å². The third kappa shape index (κ3) is 2.84. The van der Waals surface area contributed by atoms with Gasteiger partial charge in [-0.25, -0.2) is 14.6 Å². The molecule has 1 aromatic heterocycles. The first-order valence-electron chi connectivity index (χ1n) is 6.11. The number of methoxy groups -OCH3 is 2. The molecular weight excluding hydrogens is 272 g/mol. The quantitative estimate of drug-likeness (QED) is 0.866. The van der Waals surface area contributed by atoms with Crippen LogP contribution in [-0.2, 0) is 9.47 Å². The maximum atomic E-state index is 11.8. The number of nitrogen functional groups attached to an aromatic ring is 1. The summed E-state index contributed by atoms with van der Waals surface area (Å²) in [5, 5.41) is 0. The van der Waals surface area contributed by atoms with Gasteiger partial charge in [-0.15, -0.1) is 0 Å². The molecule has 0 aliphatic carbocycles. The summed E-state index contributed by atoms with van der Waals surface area (Å²) in [6.07, 6.45) is 0. The summed E-state index contributed by atoms with van der Waals surface area (Å²) in [6, 6.07) is 10.5. The molecule has 0 atom stereocenters. The van der Waals surface area contributed by atoms with Gasteiger partial charge < -0.3 is 15.2 Å². The van der Waals surface area contributed by atoms with Crippen molar-refractivity contribution in [1.82, 2.24) is 4.98 Å². The number of esters is 2. The van der Waals surface area contributed by atoms with Gasteiger partial charge in [0.1, 0.15) is 0 Å². The summed E-state index contributed by atoms with van der Waals surface area (Å²) < 4.78 is 9.28. The smallest absolute Gasteiger partial charge is 0.357 e. The Kier molecular flexibility index (Phi) is 4.18. The van der Waals surface area contributed by atoms with Gasteiger partial charge in [-0.3, -0.25) is 0 Å². The van der Waals surface area contributed by atoms with Gasteiger partial charge in [-0.2, -0.15) is 0 Å². The first kappa shape index (κ1) is 14.5. The zero-order chi connectivity index (χ0) is 15.4. The number of ether oxygens (including phenoxy) is 2. The van der Waals surface area contributed by atoms with Crippen LogP contribution >= 0.6 is 0 Å². The first-order chi connectivity index (χ1) is 10.1. The van der Waals surface area contributed by atoms with E-state index in [9.17, 15) is 9.59 Å². The number of anilines is 1. The highest BCUT2D eigenvalue weighted by Crippen LogP contribution is 2.26. The third-order valence-electron chi connectivity index (χ3n) is 2.88. The van der Waals surface area contributed by atoms with E-state index in [0.717, 1.165) is 5.56 Å². The number of hydrogen-bond donors (Lipinski definition) is 1. The standard InChI is InChI=1S/C15H14N2O4/c1-20-14(18)10-8-11(16)12(9-6-4-3-5-7-9)17-13(10)15(19)21-2/h3-8H,16H2,1-2H3. The van der Waals surface area contributed by atoms with Crippen LogP contribution in [0, 0.1) is 0 Å². The molecule has 0 spiro atoms. The van der Waals surface area contributed by atoms with Crippen LogP contribution in [0.5, 0.6) is 0 Å². The molecular formula is C15H14N2O4. The molecule has 6 nitrogen and oxygen atoms in total. The van der Waals surface area contributed by atoms with Gasteiger partial charge in [0.05, 0.1) is 31.2 Å². The van der Waals surface area contributed by atoms with Crippen molar-refractivity contribution < 1.29 is 19.1 Å². The molecule has 0 bridgehead atoms. The van der Waals surface area contributed by atoms with Crippen molar-refractivity contribution in [2.45, 2.75) is 0 Å². The van der Waals surface area contributed by atoms with Gasteiger partial charge in [0.2, 0.25) is 0 Å². The van der Waals surface area contributed by atoms with Crippen LogP contribution in [-0.4, -0.2) is 31.1 Å². The van der Waals surface area contributed by atoms with E-state index < -0.39 is 11.9 Å². The molecule has 0 aliphatic heterocycles. The SMILES string of the molecule is COC(=O)c1cc(N)c(-c2ccccc2)nc1C(=O)OC. The lowest BCUT2D eigenvalue weighted by atomic mass is 10.1. The summed E-state index contributed by atoms with van der Waals surface area (Å²) in [4.78, 5) is 27.7. The largest absolute Gasteiger partial charge is 0.465 e. The minimum absolute atomic E-state index is 0.0264. The predicted octanol–water partition coefficient (Wildman–Crippen LogP) is 1.90. The Balaban J connectivity index is 2.65. The number of benzene rings is 1. The average molecular weight is 286 g/mol. The highest BCUT2D eigenvalue weighted by atomic mass is 16.5. The second-order valence-electron chi connectivity index (χ2n) is 4.17. The van der Waals surface area contributed by atoms with Gasteiger partial charge in [-0.05, 0) is 6.07 Å². The minimum Gasteiger partial charge on any atom is -0.465 e. The van der Waals surface area contributed by atoms with Gasteiger partial charge in [-0.1, -0.05) is 30.3 Å². The molecule has 0 saturated carbocycles. The van der Waals surface area contributed by atoms with Crippen LogP contribution < -0.4 is 5.73 Å². The number of carbonyl (C=O) groups is 2. The number of rotatable bonds is 3. The van der Waals surface area contributed by atoms with Crippen LogP contribution in [0.25, 0.3) is 11.3 Å². The van der Waals surface area contributed by atoms with E-state index in [1.165, 1.54) is 20.3 Å². The summed E-state index contributed by atoms with van der Waals surface area (Å²) in [7, 11) is 2.42. The number of pyridine rings is 1. The average Bonchev–Trinajstić information content (AvgIpc) is 2.53. The Labute approximate surface area is 121 Å². The maximum absolute atomic E-state index is 11.8. The molecule has 21 heavy (non-hydrogen) atoms. The summed E-state index contributed by atoms with van der Waals surface area (Å²) >= 11 is 0.